The van der Waals surface area contributed by atoms with Crippen molar-refractivity contribution in [1.82, 2.24) is 5.32 Å². The zero-order valence-electron chi connectivity index (χ0n) is 12.7. The molecule has 0 radical (unpaired) electrons. The molecule has 0 aliphatic carbocycles. The number of hydrogen-bond donors (Lipinski definition) is 2. The van der Waals surface area contributed by atoms with Crippen molar-refractivity contribution in [3.63, 3.8) is 0 Å². The number of amides is 2. The minimum atomic E-state index is -1.07. The lowest BCUT2D eigenvalue weighted by Gasteiger charge is -2.24. The normalized spacial score (nSPS) is 11.0. The molecule has 2 amide bonds. The predicted octanol–water partition coefficient (Wildman–Crippen LogP) is 3.15. The van der Waals surface area contributed by atoms with Gasteiger partial charge in [-0.2, -0.15) is 0 Å². The molecule has 6 heteroatoms. The topological polar surface area (TPSA) is 71.3 Å². The fourth-order valence-electron chi connectivity index (χ4n) is 1.76. The highest BCUT2D eigenvalue weighted by atomic mass is 32.2. The third-order valence-electron chi connectivity index (χ3n) is 3.03. The van der Waals surface area contributed by atoms with Gasteiger partial charge in [0.05, 0.1) is 0 Å². The highest BCUT2D eigenvalue weighted by Crippen LogP contribution is 2.19. The highest BCUT2D eigenvalue weighted by Gasteiger charge is 2.30. The Morgan fingerprint density at radius 1 is 1.09 bits per heavy atom. The van der Waals surface area contributed by atoms with E-state index in [1.54, 1.807) is 38.1 Å². The standard InChI is InChI=1S/C16H18N2O3S/c1-16(2,15(20)17-11-7-5-4-6-8-11)18-14(19)12-9-10-13(21-12)22-3/h4-10H,1-3H3,(H,17,20)(H,18,19). The van der Waals surface area contributed by atoms with Gasteiger partial charge in [0.25, 0.3) is 5.91 Å². The van der Waals surface area contributed by atoms with Crippen molar-refractivity contribution >= 4 is 29.3 Å². The van der Waals surface area contributed by atoms with Gasteiger partial charge in [-0.3, -0.25) is 9.59 Å². The quantitative estimate of drug-likeness (QED) is 0.831. The summed E-state index contributed by atoms with van der Waals surface area (Å²) in [5.41, 5.74) is -0.392. The third-order valence-corrected chi connectivity index (χ3v) is 3.65. The van der Waals surface area contributed by atoms with E-state index >= 15 is 0 Å². The molecule has 22 heavy (non-hydrogen) atoms. The van der Waals surface area contributed by atoms with Gasteiger partial charge in [-0.25, -0.2) is 0 Å². The Kier molecular flexibility index (Phi) is 4.92. The summed E-state index contributed by atoms with van der Waals surface area (Å²) < 4.78 is 5.36. The lowest BCUT2D eigenvalue weighted by molar-refractivity contribution is -0.120. The first-order valence-electron chi connectivity index (χ1n) is 6.75. The smallest absolute Gasteiger partial charge is 0.287 e. The van der Waals surface area contributed by atoms with Gasteiger partial charge in [-0.05, 0) is 44.4 Å². The Morgan fingerprint density at radius 3 is 2.36 bits per heavy atom. The van der Waals surface area contributed by atoms with Crippen LogP contribution >= 0.6 is 11.8 Å². The molecule has 2 rings (SSSR count). The molecule has 0 aliphatic heterocycles. The van der Waals surface area contributed by atoms with Crippen LogP contribution in [0.15, 0.2) is 52.0 Å². The number of furan rings is 1. The van der Waals surface area contributed by atoms with Gasteiger partial charge in [0.2, 0.25) is 5.91 Å². The van der Waals surface area contributed by atoms with Crippen molar-refractivity contribution in [2.24, 2.45) is 0 Å². The zero-order chi connectivity index (χ0) is 16.2. The Morgan fingerprint density at radius 2 is 1.77 bits per heavy atom. The number of carbonyl (C=O) groups is 2. The Hall–Kier alpha value is -2.21. The van der Waals surface area contributed by atoms with E-state index in [4.69, 9.17) is 4.42 Å². The average molecular weight is 318 g/mol. The summed E-state index contributed by atoms with van der Waals surface area (Å²) in [6.07, 6.45) is 1.86. The summed E-state index contributed by atoms with van der Waals surface area (Å²) in [6, 6.07) is 12.4. The minimum Gasteiger partial charge on any atom is -0.445 e. The maximum Gasteiger partial charge on any atom is 0.287 e. The zero-order valence-corrected chi connectivity index (χ0v) is 13.5. The number of anilines is 1. The molecule has 0 saturated carbocycles. The first kappa shape index (κ1) is 16.2. The van der Waals surface area contributed by atoms with Crippen LogP contribution in [-0.2, 0) is 4.79 Å². The fraction of sp³-hybridized carbons (Fsp3) is 0.250. The second-order valence-corrected chi connectivity index (χ2v) is 6.03. The van der Waals surface area contributed by atoms with E-state index in [1.807, 2.05) is 24.5 Å². The Balaban J connectivity index is 2.03. The van der Waals surface area contributed by atoms with Crippen molar-refractivity contribution in [3.8, 4) is 0 Å². The van der Waals surface area contributed by atoms with Gasteiger partial charge in [0.1, 0.15) is 5.54 Å². The molecule has 0 aliphatic rings. The summed E-state index contributed by atoms with van der Waals surface area (Å²) >= 11 is 1.41. The number of carbonyl (C=O) groups excluding carboxylic acids is 2. The van der Waals surface area contributed by atoms with Gasteiger partial charge in [-0.15, -0.1) is 0 Å². The van der Waals surface area contributed by atoms with Gasteiger partial charge in [-0.1, -0.05) is 30.0 Å². The minimum absolute atomic E-state index is 0.185. The van der Waals surface area contributed by atoms with Crippen LogP contribution in [0.5, 0.6) is 0 Å². The largest absolute Gasteiger partial charge is 0.445 e. The highest BCUT2D eigenvalue weighted by molar-refractivity contribution is 7.98. The molecular formula is C16H18N2O3S. The van der Waals surface area contributed by atoms with E-state index in [-0.39, 0.29) is 11.7 Å². The number of para-hydroxylation sites is 1. The van der Waals surface area contributed by atoms with E-state index in [1.165, 1.54) is 11.8 Å². The van der Waals surface area contributed by atoms with Crippen molar-refractivity contribution < 1.29 is 14.0 Å². The number of benzene rings is 1. The Bertz CT molecular complexity index is 665. The van der Waals surface area contributed by atoms with Crippen LogP contribution in [0.4, 0.5) is 5.69 Å². The van der Waals surface area contributed by atoms with Crippen LogP contribution in [0.1, 0.15) is 24.4 Å². The van der Waals surface area contributed by atoms with E-state index in [9.17, 15) is 9.59 Å². The maximum absolute atomic E-state index is 12.3. The second kappa shape index (κ2) is 6.70. The molecule has 1 aromatic carbocycles. The van der Waals surface area contributed by atoms with Crippen LogP contribution in [-0.4, -0.2) is 23.6 Å². The molecule has 0 spiro atoms. The lowest BCUT2D eigenvalue weighted by atomic mass is 10.0. The van der Waals surface area contributed by atoms with Crippen LogP contribution in [0.3, 0.4) is 0 Å². The van der Waals surface area contributed by atoms with Gasteiger partial charge in [0, 0.05) is 5.69 Å². The summed E-state index contributed by atoms with van der Waals surface area (Å²) in [7, 11) is 0. The van der Waals surface area contributed by atoms with Crippen LogP contribution in [0, 0.1) is 0 Å². The van der Waals surface area contributed by atoms with Gasteiger partial charge in [0.15, 0.2) is 10.9 Å². The SMILES string of the molecule is CSc1ccc(C(=O)NC(C)(C)C(=O)Nc2ccccc2)o1. The molecule has 0 bridgehead atoms. The van der Waals surface area contributed by atoms with Crippen molar-refractivity contribution in [2.75, 3.05) is 11.6 Å². The third kappa shape index (κ3) is 3.92. The molecule has 1 heterocycles. The molecule has 0 fully saturated rings. The number of nitrogens with one attached hydrogen (secondary N) is 2. The number of rotatable bonds is 5. The first-order chi connectivity index (χ1) is 10.4. The van der Waals surface area contributed by atoms with E-state index in [2.05, 4.69) is 10.6 Å². The average Bonchev–Trinajstić information content (AvgIpc) is 2.97. The predicted molar refractivity (Wildman–Crippen MR) is 87.1 cm³/mol. The molecule has 0 atom stereocenters. The molecule has 5 nitrogen and oxygen atoms in total. The molecule has 2 N–H and O–H groups in total. The summed E-state index contributed by atoms with van der Waals surface area (Å²) in [5, 5.41) is 6.09. The molecule has 1 aromatic heterocycles. The summed E-state index contributed by atoms with van der Waals surface area (Å²) in [6.45, 7) is 3.28. The fourth-order valence-corrected chi connectivity index (χ4v) is 2.14. The first-order valence-corrected chi connectivity index (χ1v) is 7.97. The molecular weight excluding hydrogens is 300 g/mol. The molecule has 2 aromatic rings. The number of thioether (sulfide) groups is 1. The second-order valence-electron chi connectivity index (χ2n) is 5.22. The van der Waals surface area contributed by atoms with Gasteiger partial charge >= 0.3 is 0 Å². The van der Waals surface area contributed by atoms with E-state index < -0.39 is 11.4 Å². The lowest BCUT2D eigenvalue weighted by Crippen LogP contribution is -2.52. The maximum atomic E-state index is 12.3. The summed E-state index contributed by atoms with van der Waals surface area (Å²) in [4.78, 5) is 24.5. The van der Waals surface area contributed by atoms with Crippen molar-refractivity contribution in [2.45, 2.75) is 24.5 Å². The molecule has 116 valence electrons. The van der Waals surface area contributed by atoms with Crippen LogP contribution < -0.4 is 10.6 Å². The van der Waals surface area contributed by atoms with Crippen molar-refractivity contribution in [3.05, 3.63) is 48.2 Å². The van der Waals surface area contributed by atoms with Gasteiger partial charge < -0.3 is 15.1 Å². The van der Waals surface area contributed by atoms with E-state index in [0.29, 0.717) is 10.8 Å². The summed E-state index contributed by atoms with van der Waals surface area (Å²) in [5.74, 6) is -0.540. The van der Waals surface area contributed by atoms with Crippen LogP contribution in [0.2, 0.25) is 0 Å². The Labute approximate surface area is 133 Å². The molecule has 0 saturated heterocycles. The van der Waals surface area contributed by atoms with Crippen LogP contribution in [0.25, 0.3) is 0 Å². The monoisotopic (exact) mass is 318 g/mol. The number of hydrogen-bond acceptors (Lipinski definition) is 4. The molecule has 0 unspecified atom stereocenters. The van der Waals surface area contributed by atoms with E-state index in [0.717, 1.165) is 0 Å². The van der Waals surface area contributed by atoms with Crippen molar-refractivity contribution in [1.29, 1.82) is 0 Å².